The second-order valence-electron chi connectivity index (χ2n) is 8.02. The van der Waals surface area contributed by atoms with Gasteiger partial charge in [0.25, 0.3) is 0 Å². The topological polar surface area (TPSA) is 41.6 Å². The number of hydrogen-bond donors (Lipinski definition) is 1. The zero-order valence-corrected chi connectivity index (χ0v) is 18.7. The first-order valence-electron chi connectivity index (χ1n) is 11.1. The van der Waals surface area contributed by atoms with E-state index in [-0.39, 0.29) is 11.8 Å². The predicted molar refractivity (Wildman–Crippen MR) is 123 cm³/mol. The van der Waals surface area contributed by atoms with Crippen LogP contribution in [0.3, 0.4) is 0 Å². The fraction of sp³-hybridized carbons (Fsp3) is 0.480. The number of benzene rings is 2. The fourth-order valence-corrected chi connectivity index (χ4v) is 4.17. The highest BCUT2D eigenvalue weighted by atomic mass is 35.5. The maximum Gasteiger partial charge on any atom is 0.224 e. The molecule has 0 saturated carbocycles. The van der Waals surface area contributed by atoms with Crippen LogP contribution in [0, 0.1) is 5.92 Å². The zero-order chi connectivity index (χ0) is 21.2. The van der Waals surface area contributed by atoms with Gasteiger partial charge in [-0.2, -0.15) is 0 Å². The molecule has 3 rings (SSSR count). The fourth-order valence-electron chi connectivity index (χ4n) is 3.98. The van der Waals surface area contributed by atoms with Crippen LogP contribution in [0.4, 0.5) is 0 Å². The second kappa shape index (κ2) is 12.0. The number of nitrogens with one attached hydrogen (secondary N) is 1. The number of para-hydroxylation sites is 1. The van der Waals surface area contributed by atoms with Crippen molar-refractivity contribution >= 4 is 17.5 Å². The monoisotopic (exact) mass is 428 g/mol. The van der Waals surface area contributed by atoms with Crippen molar-refractivity contribution in [1.82, 2.24) is 10.2 Å². The van der Waals surface area contributed by atoms with E-state index in [1.807, 2.05) is 36.4 Å². The Balaban J connectivity index is 1.42. The smallest absolute Gasteiger partial charge is 0.224 e. The number of amides is 1. The van der Waals surface area contributed by atoms with E-state index < -0.39 is 0 Å². The third-order valence-corrected chi connectivity index (χ3v) is 5.95. The molecular weight excluding hydrogens is 396 g/mol. The number of carbonyl (C=O) groups is 1. The van der Waals surface area contributed by atoms with Crippen molar-refractivity contribution in [3.05, 3.63) is 64.7 Å². The average Bonchev–Trinajstić information content (AvgIpc) is 2.77. The van der Waals surface area contributed by atoms with Crippen molar-refractivity contribution in [2.45, 2.75) is 45.6 Å². The predicted octanol–water partition coefficient (Wildman–Crippen LogP) is 5.09. The average molecular weight is 429 g/mol. The molecule has 1 saturated heterocycles. The van der Waals surface area contributed by atoms with Crippen LogP contribution in [0.2, 0.25) is 5.02 Å². The van der Waals surface area contributed by atoms with Crippen molar-refractivity contribution in [3.8, 4) is 5.75 Å². The van der Waals surface area contributed by atoms with Crippen LogP contribution in [-0.4, -0.2) is 37.0 Å². The van der Waals surface area contributed by atoms with Gasteiger partial charge in [0.05, 0.1) is 12.5 Å². The Bertz CT molecular complexity index is 811. The Morgan fingerprint density at radius 2 is 1.93 bits per heavy atom. The molecule has 162 valence electrons. The third-order valence-electron chi connectivity index (χ3n) is 5.58. The highest BCUT2D eigenvalue weighted by Gasteiger charge is 2.25. The molecule has 1 atom stereocenters. The van der Waals surface area contributed by atoms with Crippen LogP contribution in [0.25, 0.3) is 0 Å². The van der Waals surface area contributed by atoms with Crippen molar-refractivity contribution in [3.63, 3.8) is 0 Å². The largest absolute Gasteiger partial charge is 0.493 e. The summed E-state index contributed by atoms with van der Waals surface area (Å²) in [5.41, 5.74) is 2.34. The molecule has 1 aliphatic heterocycles. The molecule has 0 bridgehead atoms. The number of nitrogens with zero attached hydrogens (tertiary/aromatic N) is 1. The van der Waals surface area contributed by atoms with E-state index in [4.69, 9.17) is 16.3 Å². The van der Waals surface area contributed by atoms with Gasteiger partial charge in [0.1, 0.15) is 5.75 Å². The van der Waals surface area contributed by atoms with Gasteiger partial charge in [-0.15, -0.1) is 0 Å². The number of hydrogen-bond acceptors (Lipinski definition) is 3. The molecule has 0 spiro atoms. The lowest BCUT2D eigenvalue weighted by Gasteiger charge is -2.32. The number of rotatable bonds is 10. The van der Waals surface area contributed by atoms with Crippen molar-refractivity contribution < 1.29 is 9.53 Å². The number of ether oxygens (including phenoxy) is 1. The zero-order valence-electron chi connectivity index (χ0n) is 17.9. The minimum atomic E-state index is 0.0569. The molecule has 0 aliphatic carbocycles. The summed E-state index contributed by atoms with van der Waals surface area (Å²) in [5, 5.41) is 3.95. The number of carbonyl (C=O) groups excluding carboxylic acids is 1. The summed E-state index contributed by atoms with van der Waals surface area (Å²) in [5.74, 6) is 1.20. The van der Waals surface area contributed by atoms with E-state index in [1.54, 1.807) is 0 Å². The van der Waals surface area contributed by atoms with Gasteiger partial charge in [-0.05, 0) is 61.9 Å². The van der Waals surface area contributed by atoms with Crippen LogP contribution in [0.15, 0.2) is 48.5 Å². The first-order chi connectivity index (χ1) is 14.7. The van der Waals surface area contributed by atoms with Gasteiger partial charge >= 0.3 is 0 Å². The Morgan fingerprint density at radius 3 is 2.73 bits per heavy atom. The molecule has 1 heterocycles. The molecule has 0 radical (unpaired) electrons. The Kier molecular flexibility index (Phi) is 9.03. The minimum Gasteiger partial charge on any atom is -0.493 e. The van der Waals surface area contributed by atoms with E-state index >= 15 is 0 Å². The van der Waals surface area contributed by atoms with Gasteiger partial charge in [-0.3, -0.25) is 9.69 Å². The van der Waals surface area contributed by atoms with Gasteiger partial charge in [0.15, 0.2) is 0 Å². The van der Waals surface area contributed by atoms with Crippen LogP contribution < -0.4 is 10.1 Å². The lowest BCUT2D eigenvalue weighted by atomic mass is 9.96. The molecule has 0 aromatic heterocycles. The number of piperidine rings is 1. The summed E-state index contributed by atoms with van der Waals surface area (Å²) >= 11 is 6.30. The molecule has 0 unspecified atom stereocenters. The molecule has 30 heavy (non-hydrogen) atoms. The molecule has 1 fully saturated rings. The summed E-state index contributed by atoms with van der Waals surface area (Å²) in [6, 6.07) is 16.1. The minimum absolute atomic E-state index is 0.0569. The van der Waals surface area contributed by atoms with Crippen LogP contribution >= 0.6 is 11.6 Å². The van der Waals surface area contributed by atoms with Gasteiger partial charge in [0, 0.05) is 24.7 Å². The van der Waals surface area contributed by atoms with E-state index in [1.165, 1.54) is 5.56 Å². The Labute approximate surface area is 185 Å². The second-order valence-corrected chi connectivity index (χ2v) is 8.42. The SMILES string of the molecule is CCCOc1ccccc1CCCNC(=O)[C@@H]1CCCN(Cc2ccccc2Cl)C1. The van der Waals surface area contributed by atoms with Crippen LogP contribution in [-0.2, 0) is 17.8 Å². The maximum atomic E-state index is 12.7. The van der Waals surface area contributed by atoms with E-state index in [0.29, 0.717) is 6.54 Å². The van der Waals surface area contributed by atoms with Crippen molar-refractivity contribution in [2.24, 2.45) is 5.92 Å². The summed E-state index contributed by atoms with van der Waals surface area (Å²) in [6.07, 6.45) is 4.82. The van der Waals surface area contributed by atoms with Gasteiger partial charge in [-0.25, -0.2) is 0 Å². The van der Waals surface area contributed by atoms with E-state index in [0.717, 1.165) is 74.7 Å². The summed E-state index contributed by atoms with van der Waals surface area (Å²) < 4.78 is 5.83. The molecule has 2 aromatic rings. The number of likely N-dealkylation sites (tertiary alicyclic amines) is 1. The lowest BCUT2D eigenvalue weighted by molar-refractivity contribution is -0.126. The molecule has 1 aliphatic rings. The molecule has 1 N–H and O–H groups in total. The first-order valence-corrected chi connectivity index (χ1v) is 11.5. The molecule has 5 heteroatoms. The third kappa shape index (κ3) is 6.75. The maximum absolute atomic E-state index is 12.7. The first kappa shape index (κ1) is 22.6. The normalized spacial score (nSPS) is 16.9. The molecule has 4 nitrogen and oxygen atoms in total. The van der Waals surface area contributed by atoms with Gasteiger partial charge < -0.3 is 10.1 Å². The molecular formula is C25H33ClN2O2. The van der Waals surface area contributed by atoms with Gasteiger partial charge in [-0.1, -0.05) is 54.9 Å². The summed E-state index contributed by atoms with van der Waals surface area (Å²) in [6.45, 7) is 6.16. The standard InChI is InChI=1S/C25H33ClN2O2/c1-2-17-30-24-14-6-4-9-20(24)11-7-15-27-25(29)22-12-8-16-28(19-22)18-21-10-3-5-13-23(21)26/h3-6,9-10,13-14,22H,2,7-8,11-12,15-19H2,1H3,(H,27,29)/t22-/m1/s1. The van der Waals surface area contributed by atoms with Gasteiger partial charge in [0.2, 0.25) is 5.91 Å². The van der Waals surface area contributed by atoms with Crippen molar-refractivity contribution in [2.75, 3.05) is 26.2 Å². The summed E-state index contributed by atoms with van der Waals surface area (Å²) in [4.78, 5) is 15.0. The molecule has 2 aromatic carbocycles. The van der Waals surface area contributed by atoms with E-state index in [9.17, 15) is 4.79 Å². The van der Waals surface area contributed by atoms with Crippen LogP contribution in [0.1, 0.15) is 43.7 Å². The Hall–Kier alpha value is -2.04. The lowest BCUT2D eigenvalue weighted by Crippen LogP contribution is -2.43. The molecule has 1 amide bonds. The van der Waals surface area contributed by atoms with Crippen LogP contribution in [0.5, 0.6) is 5.75 Å². The highest BCUT2D eigenvalue weighted by Crippen LogP contribution is 2.23. The Morgan fingerprint density at radius 1 is 1.17 bits per heavy atom. The quantitative estimate of drug-likeness (QED) is 0.536. The van der Waals surface area contributed by atoms with Crippen molar-refractivity contribution in [1.29, 1.82) is 0 Å². The summed E-state index contributed by atoms with van der Waals surface area (Å²) in [7, 11) is 0. The number of halogens is 1. The van der Waals surface area contributed by atoms with E-state index in [2.05, 4.69) is 29.3 Å². The number of aryl methyl sites for hydroxylation is 1. The highest BCUT2D eigenvalue weighted by molar-refractivity contribution is 6.31.